The molecule has 0 aliphatic rings. The highest BCUT2D eigenvalue weighted by atomic mass is 35.5. The fourth-order valence-corrected chi connectivity index (χ4v) is 2.43. The van der Waals surface area contributed by atoms with Gasteiger partial charge < -0.3 is 5.32 Å². The van der Waals surface area contributed by atoms with Gasteiger partial charge in [-0.3, -0.25) is 10.1 Å². The van der Waals surface area contributed by atoms with Crippen LogP contribution in [0.2, 0.25) is 15.1 Å². The first-order chi connectivity index (χ1) is 9.88. The van der Waals surface area contributed by atoms with Crippen LogP contribution in [0.3, 0.4) is 0 Å². The lowest BCUT2D eigenvalue weighted by atomic mass is 10.1. The molecule has 0 unspecified atom stereocenters. The molecule has 0 fully saturated rings. The van der Waals surface area contributed by atoms with Crippen molar-refractivity contribution in [3.63, 3.8) is 0 Å². The monoisotopic (exact) mass is 344 g/mol. The van der Waals surface area contributed by atoms with Gasteiger partial charge in [0, 0.05) is 18.2 Å². The van der Waals surface area contributed by atoms with Crippen LogP contribution in [0, 0.1) is 17.0 Å². The van der Waals surface area contributed by atoms with E-state index in [2.05, 4.69) is 5.32 Å². The molecule has 2 rings (SSSR count). The Hall–Kier alpha value is -1.49. The van der Waals surface area contributed by atoms with Crippen molar-refractivity contribution in [1.29, 1.82) is 0 Å². The summed E-state index contributed by atoms with van der Waals surface area (Å²) in [7, 11) is 0. The second-order valence-corrected chi connectivity index (χ2v) is 5.70. The van der Waals surface area contributed by atoms with Crippen LogP contribution in [0.5, 0.6) is 0 Å². The van der Waals surface area contributed by atoms with Gasteiger partial charge >= 0.3 is 0 Å². The summed E-state index contributed by atoms with van der Waals surface area (Å²) in [4.78, 5) is 10.5. The second-order valence-electron chi connectivity index (χ2n) is 4.48. The Balaban J connectivity index is 2.19. The molecular formula is C14H11Cl3N2O2. The third kappa shape index (κ3) is 3.79. The van der Waals surface area contributed by atoms with Crippen molar-refractivity contribution in [2.45, 2.75) is 13.5 Å². The summed E-state index contributed by atoms with van der Waals surface area (Å²) in [6, 6.07) is 8.24. The summed E-state index contributed by atoms with van der Waals surface area (Å²) in [5, 5.41) is 15.2. The molecule has 0 heterocycles. The summed E-state index contributed by atoms with van der Waals surface area (Å²) in [6.07, 6.45) is 0. The molecule has 2 aromatic carbocycles. The van der Waals surface area contributed by atoms with Crippen molar-refractivity contribution in [1.82, 2.24) is 0 Å². The van der Waals surface area contributed by atoms with Crippen molar-refractivity contribution < 1.29 is 4.92 Å². The number of benzene rings is 2. The fourth-order valence-electron chi connectivity index (χ4n) is 1.82. The third-order valence-electron chi connectivity index (χ3n) is 2.96. The van der Waals surface area contributed by atoms with Crippen LogP contribution >= 0.6 is 34.8 Å². The number of aryl methyl sites for hydroxylation is 1. The molecule has 0 bridgehead atoms. The normalized spacial score (nSPS) is 10.5. The predicted molar refractivity (Wildman–Crippen MR) is 86.6 cm³/mol. The zero-order chi connectivity index (χ0) is 15.6. The van der Waals surface area contributed by atoms with Gasteiger partial charge in [0.1, 0.15) is 0 Å². The lowest BCUT2D eigenvalue weighted by molar-refractivity contribution is -0.385. The van der Waals surface area contributed by atoms with E-state index in [0.717, 1.165) is 5.56 Å². The number of hydrogen-bond donors (Lipinski definition) is 1. The molecule has 110 valence electrons. The van der Waals surface area contributed by atoms with Gasteiger partial charge in [0.05, 0.1) is 25.7 Å². The van der Waals surface area contributed by atoms with E-state index in [-0.39, 0.29) is 5.69 Å². The van der Waals surface area contributed by atoms with E-state index < -0.39 is 4.92 Å². The molecule has 0 amide bonds. The smallest absolute Gasteiger partial charge is 0.272 e. The zero-order valence-corrected chi connectivity index (χ0v) is 13.3. The molecule has 0 aliphatic heterocycles. The van der Waals surface area contributed by atoms with Crippen LogP contribution in [0.25, 0.3) is 0 Å². The topological polar surface area (TPSA) is 55.2 Å². The molecule has 4 nitrogen and oxygen atoms in total. The summed E-state index contributed by atoms with van der Waals surface area (Å²) in [6.45, 7) is 2.09. The quantitative estimate of drug-likeness (QED) is 0.454. The van der Waals surface area contributed by atoms with Crippen molar-refractivity contribution in [3.8, 4) is 0 Å². The maximum Gasteiger partial charge on any atom is 0.272 e. The SMILES string of the molecule is Cc1ccc(CNc2cc(Cl)c(Cl)cc2Cl)cc1[N+](=O)[O-]. The zero-order valence-electron chi connectivity index (χ0n) is 11.0. The van der Waals surface area contributed by atoms with Crippen LogP contribution < -0.4 is 5.32 Å². The summed E-state index contributed by atoms with van der Waals surface area (Å²) < 4.78 is 0. The molecule has 1 N–H and O–H groups in total. The Bertz CT molecular complexity index is 705. The summed E-state index contributed by atoms with van der Waals surface area (Å²) in [5.74, 6) is 0. The first-order valence-electron chi connectivity index (χ1n) is 6.01. The maximum atomic E-state index is 10.9. The molecule has 0 radical (unpaired) electrons. The number of nitrogens with one attached hydrogen (secondary N) is 1. The van der Waals surface area contributed by atoms with Crippen LogP contribution in [0.4, 0.5) is 11.4 Å². The molecular weight excluding hydrogens is 335 g/mol. The molecule has 2 aromatic rings. The van der Waals surface area contributed by atoms with E-state index >= 15 is 0 Å². The number of hydrogen-bond acceptors (Lipinski definition) is 3. The van der Waals surface area contributed by atoms with Crippen LogP contribution in [-0.4, -0.2) is 4.92 Å². The third-order valence-corrected chi connectivity index (χ3v) is 4.00. The van der Waals surface area contributed by atoms with E-state index in [1.165, 1.54) is 6.07 Å². The molecule has 0 aromatic heterocycles. The highest BCUT2D eigenvalue weighted by Gasteiger charge is 2.11. The number of nitrogens with zero attached hydrogens (tertiary/aromatic N) is 1. The minimum atomic E-state index is -0.398. The largest absolute Gasteiger partial charge is 0.380 e. The number of halogens is 3. The summed E-state index contributed by atoms with van der Waals surface area (Å²) >= 11 is 17.9. The number of nitro benzene ring substituents is 1. The van der Waals surface area contributed by atoms with Crippen molar-refractivity contribution in [2.75, 3.05) is 5.32 Å². The first-order valence-corrected chi connectivity index (χ1v) is 7.14. The van der Waals surface area contributed by atoms with Gasteiger partial charge in [0.15, 0.2) is 0 Å². The molecule has 0 spiro atoms. The lowest BCUT2D eigenvalue weighted by Gasteiger charge is -2.10. The Morgan fingerprint density at radius 1 is 1.10 bits per heavy atom. The number of anilines is 1. The van der Waals surface area contributed by atoms with Crippen LogP contribution in [-0.2, 0) is 6.54 Å². The van der Waals surface area contributed by atoms with E-state index in [0.29, 0.717) is 32.9 Å². The lowest BCUT2D eigenvalue weighted by Crippen LogP contribution is -2.01. The van der Waals surface area contributed by atoms with Gasteiger partial charge in [-0.2, -0.15) is 0 Å². The van der Waals surface area contributed by atoms with E-state index in [1.807, 2.05) is 6.07 Å². The average Bonchev–Trinajstić information content (AvgIpc) is 2.42. The van der Waals surface area contributed by atoms with Crippen molar-refractivity contribution in [2.24, 2.45) is 0 Å². The van der Waals surface area contributed by atoms with Gasteiger partial charge in [-0.25, -0.2) is 0 Å². The second kappa shape index (κ2) is 6.52. The number of nitro groups is 1. The highest BCUT2D eigenvalue weighted by molar-refractivity contribution is 6.44. The minimum Gasteiger partial charge on any atom is -0.380 e. The van der Waals surface area contributed by atoms with Gasteiger partial charge in [-0.05, 0) is 24.6 Å². The van der Waals surface area contributed by atoms with Gasteiger partial charge in [-0.15, -0.1) is 0 Å². The molecule has 0 saturated heterocycles. The molecule has 0 aliphatic carbocycles. The Morgan fingerprint density at radius 3 is 2.43 bits per heavy atom. The van der Waals surface area contributed by atoms with Crippen LogP contribution in [0.15, 0.2) is 30.3 Å². The number of rotatable bonds is 4. The molecule has 7 heteroatoms. The predicted octanol–water partition coefficient (Wildman–Crippen LogP) is 5.48. The highest BCUT2D eigenvalue weighted by Crippen LogP contribution is 2.32. The van der Waals surface area contributed by atoms with Gasteiger partial charge in [-0.1, -0.05) is 46.9 Å². The Morgan fingerprint density at radius 2 is 1.76 bits per heavy atom. The van der Waals surface area contributed by atoms with Gasteiger partial charge in [0.2, 0.25) is 0 Å². The molecule has 0 atom stereocenters. The standard InChI is InChI=1S/C14H11Cl3N2O2/c1-8-2-3-9(4-14(8)19(20)21)7-18-13-6-11(16)10(15)5-12(13)17/h2-6,18H,7H2,1H3. The molecule has 0 saturated carbocycles. The van der Waals surface area contributed by atoms with Crippen molar-refractivity contribution in [3.05, 3.63) is 66.6 Å². The van der Waals surface area contributed by atoms with Gasteiger partial charge in [0.25, 0.3) is 5.69 Å². The summed E-state index contributed by atoms with van der Waals surface area (Å²) in [5.41, 5.74) is 2.11. The van der Waals surface area contributed by atoms with E-state index in [9.17, 15) is 10.1 Å². The van der Waals surface area contributed by atoms with E-state index in [1.54, 1.807) is 25.1 Å². The minimum absolute atomic E-state index is 0.0922. The Kier molecular flexibility index (Phi) is 4.93. The maximum absolute atomic E-state index is 10.9. The Labute approximate surface area is 136 Å². The van der Waals surface area contributed by atoms with E-state index in [4.69, 9.17) is 34.8 Å². The molecule has 21 heavy (non-hydrogen) atoms. The fraction of sp³-hybridized carbons (Fsp3) is 0.143. The van der Waals surface area contributed by atoms with Crippen molar-refractivity contribution >= 4 is 46.2 Å². The van der Waals surface area contributed by atoms with Crippen LogP contribution in [0.1, 0.15) is 11.1 Å². The average molecular weight is 346 g/mol. The first kappa shape index (κ1) is 15.9.